The molecule has 0 saturated heterocycles. The molecular weight excluding hydrogens is 228 g/mol. The maximum atomic E-state index is 10.1. The maximum Gasteiger partial charge on any atom is 0.330 e. The van der Waals surface area contributed by atoms with Crippen molar-refractivity contribution in [2.24, 2.45) is 0 Å². The molecule has 0 unspecified atom stereocenters. The Morgan fingerprint density at radius 3 is 1.78 bits per heavy atom. The molecule has 0 aliphatic heterocycles. The number of ether oxygens (including phenoxy) is 1. The fourth-order valence-electron chi connectivity index (χ4n) is 0.991. The number of rotatable bonds is 3. The van der Waals surface area contributed by atoms with Gasteiger partial charge in [-0.15, -0.1) is 0 Å². The zero-order valence-electron chi connectivity index (χ0n) is 10.5. The van der Waals surface area contributed by atoms with E-state index >= 15 is 0 Å². The molecular formula is C15H20O3. The average molecular weight is 248 g/mol. The van der Waals surface area contributed by atoms with E-state index in [1.807, 2.05) is 0 Å². The first-order valence-electron chi connectivity index (χ1n) is 5.84. The zero-order valence-corrected chi connectivity index (χ0v) is 10.5. The van der Waals surface area contributed by atoms with Crippen LogP contribution in [-0.2, 0) is 9.53 Å². The second kappa shape index (κ2) is 13.2. The molecule has 18 heavy (non-hydrogen) atoms. The van der Waals surface area contributed by atoms with Gasteiger partial charge in [0.25, 0.3) is 0 Å². The molecule has 0 radical (unpaired) electrons. The lowest BCUT2D eigenvalue weighted by molar-refractivity contribution is -0.138. The van der Waals surface area contributed by atoms with Crippen LogP contribution in [0.1, 0.15) is 12.8 Å². The molecule has 2 rings (SSSR count). The molecule has 1 N–H and O–H groups in total. The molecule has 0 atom stereocenters. The minimum Gasteiger partial charge on any atom is -0.460 e. The molecule has 0 amide bonds. The molecule has 2 aliphatic rings. The van der Waals surface area contributed by atoms with Crippen LogP contribution in [-0.4, -0.2) is 24.3 Å². The molecule has 0 aromatic rings. The van der Waals surface area contributed by atoms with Crippen LogP contribution in [0, 0.1) is 0 Å². The van der Waals surface area contributed by atoms with E-state index < -0.39 is 5.97 Å². The topological polar surface area (TPSA) is 46.5 Å². The van der Waals surface area contributed by atoms with Gasteiger partial charge in [-0.2, -0.15) is 0 Å². The highest BCUT2D eigenvalue weighted by molar-refractivity contribution is 5.81. The Bertz CT molecular complexity index is 294. The van der Waals surface area contributed by atoms with E-state index in [0.717, 1.165) is 18.9 Å². The van der Waals surface area contributed by atoms with Crippen LogP contribution < -0.4 is 0 Å². The normalized spacial score (nSPS) is 13.4. The van der Waals surface area contributed by atoms with E-state index in [4.69, 9.17) is 5.11 Å². The third kappa shape index (κ3) is 12.2. The van der Waals surface area contributed by atoms with E-state index in [1.165, 1.54) is 0 Å². The van der Waals surface area contributed by atoms with E-state index in [9.17, 15) is 4.79 Å². The van der Waals surface area contributed by atoms with E-state index in [-0.39, 0.29) is 13.2 Å². The fraction of sp³-hybridized carbons (Fsp3) is 0.267. The first-order chi connectivity index (χ1) is 8.81. The van der Waals surface area contributed by atoms with Crippen LogP contribution >= 0.6 is 0 Å². The van der Waals surface area contributed by atoms with Crippen LogP contribution in [0.15, 0.2) is 61.3 Å². The van der Waals surface area contributed by atoms with Crippen molar-refractivity contribution >= 4 is 5.97 Å². The molecule has 0 fully saturated rings. The summed E-state index contributed by atoms with van der Waals surface area (Å²) in [5.41, 5.74) is 0. The number of hydrogen-bond acceptors (Lipinski definition) is 3. The van der Waals surface area contributed by atoms with Crippen molar-refractivity contribution in [3.63, 3.8) is 0 Å². The highest BCUT2D eigenvalue weighted by Gasteiger charge is 1.90. The Labute approximate surface area is 108 Å². The number of carbonyl (C=O) groups is 1. The first-order valence-corrected chi connectivity index (χ1v) is 5.84. The molecule has 0 bridgehead atoms. The largest absolute Gasteiger partial charge is 0.460 e. The third-order valence-corrected chi connectivity index (χ3v) is 1.81. The van der Waals surface area contributed by atoms with Crippen molar-refractivity contribution in [1.29, 1.82) is 0 Å². The van der Waals surface area contributed by atoms with Gasteiger partial charge in [-0.3, -0.25) is 0 Å². The Hall–Kier alpha value is -1.87. The van der Waals surface area contributed by atoms with Crippen LogP contribution in [0.2, 0.25) is 0 Å². The number of esters is 1. The van der Waals surface area contributed by atoms with Gasteiger partial charge in [-0.25, -0.2) is 4.79 Å². The lowest BCUT2D eigenvalue weighted by Crippen LogP contribution is -2.04. The quantitative estimate of drug-likeness (QED) is 0.617. The number of aliphatic hydroxyl groups is 1. The van der Waals surface area contributed by atoms with Crippen LogP contribution in [0.3, 0.4) is 0 Å². The summed E-state index contributed by atoms with van der Waals surface area (Å²) in [6.45, 7) is 3.06. The van der Waals surface area contributed by atoms with Gasteiger partial charge in [0.1, 0.15) is 6.61 Å². The zero-order chi connectivity index (χ0) is 13.5. The van der Waals surface area contributed by atoms with Gasteiger partial charge in [0.05, 0.1) is 6.61 Å². The molecule has 0 spiro atoms. The molecule has 0 saturated carbocycles. The van der Waals surface area contributed by atoms with Crippen molar-refractivity contribution in [2.45, 2.75) is 12.8 Å². The van der Waals surface area contributed by atoms with Crippen LogP contribution in [0.25, 0.3) is 0 Å². The Kier molecular flexibility index (Phi) is 11.8. The summed E-state index contributed by atoms with van der Waals surface area (Å²) in [5.74, 6) is -0.501. The van der Waals surface area contributed by atoms with Crippen molar-refractivity contribution in [3.8, 4) is 0 Å². The molecule has 2 aliphatic carbocycles. The van der Waals surface area contributed by atoms with Crippen LogP contribution in [0.5, 0.6) is 0 Å². The SMILES string of the molecule is C1=CCC=C1.C1=CCC=C1.C=CC(=O)OCCO. The molecule has 0 aromatic carbocycles. The summed E-state index contributed by atoms with van der Waals surface area (Å²) >= 11 is 0. The summed E-state index contributed by atoms with van der Waals surface area (Å²) < 4.78 is 4.33. The second-order valence-corrected chi connectivity index (χ2v) is 3.28. The van der Waals surface area contributed by atoms with Gasteiger partial charge in [0, 0.05) is 6.08 Å². The third-order valence-electron chi connectivity index (χ3n) is 1.81. The number of allylic oxidation sites excluding steroid dienone is 8. The van der Waals surface area contributed by atoms with E-state index in [2.05, 4.69) is 59.9 Å². The van der Waals surface area contributed by atoms with Gasteiger partial charge >= 0.3 is 5.97 Å². The summed E-state index contributed by atoms with van der Waals surface area (Å²) in [6.07, 6.45) is 20.1. The van der Waals surface area contributed by atoms with Gasteiger partial charge in [-0.05, 0) is 12.8 Å². The summed E-state index contributed by atoms with van der Waals surface area (Å²) in [5, 5.41) is 8.10. The van der Waals surface area contributed by atoms with E-state index in [0.29, 0.717) is 0 Å². The molecule has 0 aromatic heterocycles. The second-order valence-electron chi connectivity index (χ2n) is 3.28. The highest BCUT2D eigenvalue weighted by Crippen LogP contribution is 1.93. The minimum atomic E-state index is -0.501. The predicted octanol–water partition coefficient (Wildman–Crippen LogP) is 2.71. The molecule has 98 valence electrons. The molecule has 3 nitrogen and oxygen atoms in total. The smallest absolute Gasteiger partial charge is 0.330 e. The first kappa shape index (κ1) is 16.1. The number of carbonyl (C=O) groups excluding carboxylic acids is 1. The average Bonchev–Trinajstić information content (AvgIpc) is 3.12. The summed E-state index contributed by atoms with van der Waals surface area (Å²) in [4.78, 5) is 10.1. The monoisotopic (exact) mass is 248 g/mol. The minimum absolute atomic E-state index is 0.0465. The number of hydrogen-bond donors (Lipinski definition) is 1. The Morgan fingerprint density at radius 1 is 1.11 bits per heavy atom. The van der Waals surface area contributed by atoms with Crippen molar-refractivity contribution < 1.29 is 14.6 Å². The lowest BCUT2D eigenvalue weighted by atomic mass is 10.5. The predicted molar refractivity (Wildman–Crippen MR) is 74.0 cm³/mol. The van der Waals surface area contributed by atoms with Gasteiger partial charge < -0.3 is 9.84 Å². The Morgan fingerprint density at radius 2 is 1.56 bits per heavy atom. The Balaban J connectivity index is 0.000000250. The fourth-order valence-corrected chi connectivity index (χ4v) is 0.991. The van der Waals surface area contributed by atoms with Crippen molar-refractivity contribution in [1.82, 2.24) is 0 Å². The van der Waals surface area contributed by atoms with Gasteiger partial charge in [0.15, 0.2) is 0 Å². The molecule has 3 heteroatoms. The van der Waals surface area contributed by atoms with E-state index in [1.54, 1.807) is 0 Å². The van der Waals surface area contributed by atoms with Crippen molar-refractivity contribution in [2.75, 3.05) is 13.2 Å². The van der Waals surface area contributed by atoms with Crippen molar-refractivity contribution in [3.05, 3.63) is 61.3 Å². The lowest BCUT2D eigenvalue weighted by Gasteiger charge is -1.94. The number of aliphatic hydroxyl groups excluding tert-OH is 1. The van der Waals surface area contributed by atoms with Gasteiger partial charge in [-0.1, -0.05) is 55.2 Å². The summed E-state index contributed by atoms with van der Waals surface area (Å²) in [6, 6.07) is 0. The molecule has 0 heterocycles. The summed E-state index contributed by atoms with van der Waals surface area (Å²) in [7, 11) is 0. The maximum absolute atomic E-state index is 10.1. The standard InChI is InChI=1S/C5H8O3.2C5H6/c1-2-5(7)8-4-3-6;2*1-2-4-5-3-1/h2,6H,1,3-4H2;2*1-4H,5H2. The van der Waals surface area contributed by atoms with Gasteiger partial charge in [0.2, 0.25) is 0 Å². The highest BCUT2D eigenvalue weighted by atomic mass is 16.5. The van der Waals surface area contributed by atoms with Crippen LogP contribution in [0.4, 0.5) is 0 Å².